The van der Waals surface area contributed by atoms with Crippen LogP contribution in [0.2, 0.25) is 0 Å². The van der Waals surface area contributed by atoms with Crippen molar-refractivity contribution in [2.24, 2.45) is 5.92 Å². The molecule has 25 heavy (non-hydrogen) atoms. The zero-order chi connectivity index (χ0) is 18.1. The summed E-state index contributed by atoms with van der Waals surface area (Å²) in [5.74, 6) is 1.68. The third-order valence-electron chi connectivity index (χ3n) is 5.16. The number of likely N-dealkylation sites (tertiary alicyclic amines) is 1. The molecular formula is C19H28N4O2. The number of likely N-dealkylation sites (N-methyl/N-ethyl adjacent to an activating group) is 1. The van der Waals surface area contributed by atoms with Crippen LogP contribution < -0.4 is 0 Å². The van der Waals surface area contributed by atoms with Gasteiger partial charge in [0.1, 0.15) is 5.76 Å². The molecule has 1 fully saturated rings. The number of carbonyl (C=O) groups is 1. The zero-order valence-electron chi connectivity index (χ0n) is 15.8. The SMILES string of the molecule is CC[C@@H]1CN(C(=O)c2ccc(Cn3nc(C)cc3C)o2)C[C@H]1N(C)C. The van der Waals surface area contributed by atoms with E-state index in [2.05, 4.69) is 31.0 Å². The van der Waals surface area contributed by atoms with E-state index >= 15 is 0 Å². The van der Waals surface area contributed by atoms with Crippen LogP contribution in [0.3, 0.4) is 0 Å². The van der Waals surface area contributed by atoms with Gasteiger partial charge in [-0.05, 0) is 52.1 Å². The Bertz CT molecular complexity index is 746. The molecule has 1 amide bonds. The quantitative estimate of drug-likeness (QED) is 0.836. The molecule has 6 nitrogen and oxygen atoms in total. The zero-order valence-corrected chi connectivity index (χ0v) is 15.8. The second-order valence-corrected chi connectivity index (χ2v) is 7.26. The fourth-order valence-corrected chi connectivity index (χ4v) is 3.72. The molecule has 0 aromatic carbocycles. The van der Waals surface area contributed by atoms with E-state index in [1.54, 1.807) is 6.07 Å². The Hall–Kier alpha value is -2.08. The molecular weight excluding hydrogens is 316 g/mol. The van der Waals surface area contributed by atoms with Crippen LogP contribution in [0.1, 0.15) is 41.0 Å². The molecule has 0 bridgehead atoms. The summed E-state index contributed by atoms with van der Waals surface area (Å²) in [6.07, 6.45) is 1.08. The van der Waals surface area contributed by atoms with Crippen molar-refractivity contribution in [3.05, 3.63) is 41.1 Å². The van der Waals surface area contributed by atoms with E-state index in [0.29, 0.717) is 24.3 Å². The molecule has 0 saturated carbocycles. The number of hydrogen-bond donors (Lipinski definition) is 0. The first-order chi connectivity index (χ1) is 11.9. The molecule has 3 rings (SSSR count). The van der Waals surface area contributed by atoms with Crippen molar-refractivity contribution >= 4 is 5.91 Å². The van der Waals surface area contributed by atoms with Gasteiger partial charge < -0.3 is 14.2 Å². The first-order valence-corrected chi connectivity index (χ1v) is 8.94. The van der Waals surface area contributed by atoms with Crippen LogP contribution >= 0.6 is 0 Å². The summed E-state index contributed by atoms with van der Waals surface area (Å²) >= 11 is 0. The lowest BCUT2D eigenvalue weighted by molar-refractivity contribution is 0.0747. The average Bonchev–Trinajstić information content (AvgIpc) is 3.26. The summed E-state index contributed by atoms with van der Waals surface area (Å²) in [6.45, 7) is 8.29. The highest BCUT2D eigenvalue weighted by atomic mass is 16.4. The number of aromatic nitrogens is 2. The molecule has 1 aliphatic heterocycles. The predicted molar refractivity (Wildman–Crippen MR) is 96.7 cm³/mol. The van der Waals surface area contributed by atoms with Gasteiger partial charge in [0.2, 0.25) is 0 Å². The maximum Gasteiger partial charge on any atom is 0.289 e. The molecule has 0 radical (unpaired) electrons. The van der Waals surface area contributed by atoms with Crippen molar-refractivity contribution in [1.82, 2.24) is 19.6 Å². The Kier molecular flexibility index (Phi) is 4.99. The van der Waals surface area contributed by atoms with Crippen LogP contribution in [0, 0.1) is 19.8 Å². The third kappa shape index (κ3) is 3.63. The summed E-state index contributed by atoms with van der Waals surface area (Å²) in [4.78, 5) is 16.9. The van der Waals surface area contributed by atoms with Crippen molar-refractivity contribution in [3.63, 3.8) is 0 Å². The van der Waals surface area contributed by atoms with Gasteiger partial charge in [-0.25, -0.2) is 0 Å². The molecule has 0 spiro atoms. The number of furan rings is 1. The van der Waals surface area contributed by atoms with Crippen LogP contribution in [-0.2, 0) is 6.54 Å². The first-order valence-electron chi connectivity index (χ1n) is 8.94. The summed E-state index contributed by atoms with van der Waals surface area (Å²) in [7, 11) is 4.17. The van der Waals surface area contributed by atoms with Gasteiger partial charge in [0.25, 0.3) is 5.91 Å². The molecule has 136 valence electrons. The van der Waals surface area contributed by atoms with Crippen LogP contribution in [0.5, 0.6) is 0 Å². The van der Waals surface area contributed by atoms with Gasteiger partial charge in [-0.2, -0.15) is 5.10 Å². The molecule has 2 aromatic rings. The van der Waals surface area contributed by atoms with E-state index in [9.17, 15) is 4.79 Å². The normalized spacial score (nSPS) is 20.6. The lowest BCUT2D eigenvalue weighted by Crippen LogP contribution is -2.36. The van der Waals surface area contributed by atoms with Crippen molar-refractivity contribution in [1.29, 1.82) is 0 Å². The summed E-state index contributed by atoms with van der Waals surface area (Å²) in [5.41, 5.74) is 2.07. The molecule has 0 unspecified atom stereocenters. The Labute approximate surface area is 149 Å². The van der Waals surface area contributed by atoms with Gasteiger partial charge in [0.15, 0.2) is 5.76 Å². The van der Waals surface area contributed by atoms with Crippen LogP contribution in [0.15, 0.2) is 22.6 Å². The molecule has 2 aromatic heterocycles. The lowest BCUT2D eigenvalue weighted by atomic mass is 10.0. The van der Waals surface area contributed by atoms with E-state index in [4.69, 9.17) is 4.42 Å². The molecule has 0 aliphatic carbocycles. The second kappa shape index (κ2) is 7.04. The van der Waals surface area contributed by atoms with E-state index in [1.807, 2.05) is 35.6 Å². The molecule has 1 aliphatic rings. The third-order valence-corrected chi connectivity index (χ3v) is 5.16. The van der Waals surface area contributed by atoms with Gasteiger partial charge in [-0.3, -0.25) is 9.48 Å². The van der Waals surface area contributed by atoms with Crippen LogP contribution in [-0.4, -0.2) is 58.7 Å². The average molecular weight is 344 g/mol. The number of rotatable bonds is 5. The van der Waals surface area contributed by atoms with Crippen LogP contribution in [0.4, 0.5) is 0 Å². The monoisotopic (exact) mass is 344 g/mol. The lowest BCUT2D eigenvalue weighted by Gasteiger charge is -2.23. The smallest absolute Gasteiger partial charge is 0.289 e. The number of carbonyl (C=O) groups excluding carboxylic acids is 1. The van der Waals surface area contributed by atoms with Crippen molar-refractivity contribution in [2.45, 2.75) is 39.8 Å². The second-order valence-electron chi connectivity index (χ2n) is 7.26. The van der Waals surface area contributed by atoms with Gasteiger partial charge >= 0.3 is 0 Å². The van der Waals surface area contributed by atoms with E-state index in [-0.39, 0.29) is 5.91 Å². The van der Waals surface area contributed by atoms with Gasteiger partial charge in [-0.1, -0.05) is 13.3 Å². The molecule has 3 heterocycles. The highest BCUT2D eigenvalue weighted by Gasteiger charge is 2.36. The Morgan fingerprint density at radius 2 is 2.08 bits per heavy atom. The fraction of sp³-hybridized carbons (Fsp3) is 0.579. The molecule has 0 N–H and O–H groups in total. The Balaban J connectivity index is 1.70. The number of amides is 1. The fourth-order valence-electron chi connectivity index (χ4n) is 3.72. The van der Waals surface area contributed by atoms with Crippen molar-refractivity contribution in [2.75, 3.05) is 27.2 Å². The minimum absolute atomic E-state index is 0.0117. The summed E-state index contributed by atoms with van der Waals surface area (Å²) in [6, 6.07) is 6.11. The summed E-state index contributed by atoms with van der Waals surface area (Å²) in [5, 5.41) is 4.44. The number of hydrogen-bond acceptors (Lipinski definition) is 4. The van der Waals surface area contributed by atoms with Gasteiger partial charge in [0, 0.05) is 24.8 Å². The largest absolute Gasteiger partial charge is 0.454 e. The number of aryl methyl sites for hydroxylation is 2. The van der Waals surface area contributed by atoms with Gasteiger partial charge in [-0.15, -0.1) is 0 Å². The van der Waals surface area contributed by atoms with Crippen molar-refractivity contribution < 1.29 is 9.21 Å². The predicted octanol–water partition coefficient (Wildman–Crippen LogP) is 2.55. The highest BCUT2D eigenvalue weighted by molar-refractivity contribution is 5.91. The number of nitrogens with zero attached hydrogens (tertiary/aromatic N) is 4. The van der Waals surface area contributed by atoms with E-state index in [1.165, 1.54) is 0 Å². The van der Waals surface area contributed by atoms with Crippen LogP contribution in [0.25, 0.3) is 0 Å². The maximum atomic E-state index is 12.8. The van der Waals surface area contributed by atoms with Crippen molar-refractivity contribution in [3.8, 4) is 0 Å². The van der Waals surface area contributed by atoms with E-state index < -0.39 is 0 Å². The van der Waals surface area contributed by atoms with E-state index in [0.717, 1.165) is 36.7 Å². The Morgan fingerprint density at radius 3 is 2.64 bits per heavy atom. The molecule has 1 saturated heterocycles. The molecule has 6 heteroatoms. The standard InChI is InChI=1S/C19H28N4O2/c1-6-15-10-22(12-17(15)21(4)5)19(24)18-8-7-16(25-18)11-23-14(3)9-13(2)20-23/h7-9,15,17H,6,10-12H2,1-5H3/t15-,17-/m1/s1. The summed E-state index contributed by atoms with van der Waals surface area (Å²) < 4.78 is 7.72. The first kappa shape index (κ1) is 17.7. The Morgan fingerprint density at radius 1 is 1.32 bits per heavy atom. The minimum atomic E-state index is -0.0117. The topological polar surface area (TPSA) is 54.5 Å². The van der Waals surface area contributed by atoms with Gasteiger partial charge in [0.05, 0.1) is 12.2 Å². The minimum Gasteiger partial charge on any atom is -0.454 e. The maximum absolute atomic E-state index is 12.8. The molecule has 2 atom stereocenters. The highest BCUT2D eigenvalue weighted by Crippen LogP contribution is 2.25.